The highest BCUT2D eigenvalue weighted by Crippen LogP contribution is 2.39. The van der Waals surface area contributed by atoms with Crippen molar-refractivity contribution in [2.45, 2.75) is 30.6 Å². The van der Waals surface area contributed by atoms with Crippen molar-refractivity contribution in [2.75, 3.05) is 5.75 Å². The molecule has 1 aromatic carbocycles. The Kier molecular flexibility index (Phi) is 3.75. The standard InChI is InChI=1S/C12H14Cl2OS/c1-8-12(15,4-5-16-8)7-9-6-10(13)2-3-11(9)14/h2-3,6,8,15H,4-5,7H2,1H3. The Balaban J connectivity index is 2.23. The van der Waals surface area contributed by atoms with Crippen LogP contribution in [0, 0.1) is 0 Å². The van der Waals surface area contributed by atoms with Crippen molar-refractivity contribution >= 4 is 35.0 Å². The van der Waals surface area contributed by atoms with Crippen LogP contribution in [0.25, 0.3) is 0 Å². The van der Waals surface area contributed by atoms with Crippen LogP contribution in [0.5, 0.6) is 0 Å². The summed E-state index contributed by atoms with van der Waals surface area (Å²) >= 11 is 13.9. The second-order valence-electron chi connectivity index (χ2n) is 4.28. The molecule has 1 N–H and O–H groups in total. The lowest BCUT2D eigenvalue weighted by molar-refractivity contribution is 0.0465. The Morgan fingerprint density at radius 1 is 1.50 bits per heavy atom. The maximum absolute atomic E-state index is 10.5. The molecule has 0 bridgehead atoms. The van der Waals surface area contributed by atoms with Crippen LogP contribution in [0.3, 0.4) is 0 Å². The molecule has 4 heteroatoms. The molecule has 1 saturated heterocycles. The first-order chi connectivity index (χ1) is 7.51. The van der Waals surface area contributed by atoms with Crippen LogP contribution < -0.4 is 0 Å². The molecule has 0 spiro atoms. The van der Waals surface area contributed by atoms with Crippen molar-refractivity contribution in [3.8, 4) is 0 Å². The third-order valence-electron chi connectivity index (χ3n) is 3.16. The first-order valence-electron chi connectivity index (χ1n) is 5.29. The predicted molar refractivity (Wildman–Crippen MR) is 71.7 cm³/mol. The van der Waals surface area contributed by atoms with E-state index in [9.17, 15) is 5.11 Å². The fraction of sp³-hybridized carbons (Fsp3) is 0.500. The van der Waals surface area contributed by atoms with Crippen LogP contribution in [0.1, 0.15) is 18.9 Å². The van der Waals surface area contributed by atoms with E-state index in [4.69, 9.17) is 23.2 Å². The van der Waals surface area contributed by atoms with E-state index in [1.807, 2.05) is 17.8 Å². The van der Waals surface area contributed by atoms with E-state index >= 15 is 0 Å². The van der Waals surface area contributed by atoms with Gasteiger partial charge in [-0.1, -0.05) is 30.1 Å². The quantitative estimate of drug-likeness (QED) is 0.887. The van der Waals surface area contributed by atoms with Gasteiger partial charge in [0.25, 0.3) is 0 Å². The van der Waals surface area contributed by atoms with Gasteiger partial charge in [0.1, 0.15) is 0 Å². The van der Waals surface area contributed by atoms with E-state index in [1.165, 1.54) is 0 Å². The summed E-state index contributed by atoms with van der Waals surface area (Å²) in [6.07, 6.45) is 1.40. The molecule has 16 heavy (non-hydrogen) atoms. The smallest absolute Gasteiger partial charge is 0.0811 e. The van der Waals surface area contributed by atoms with Gasteiger partial charge in [-0.3, -0.25) is 0 Å². The van der Waals surface area contributed by atoms with Gasteiger partial charge in [-0.25, -0.2) is 0 Å². The molecule has 88 valence electrons. The molecule has 2 atom stereocenters. The lowest BCUT2D eigenvalue weighted by Gasteiger charge is -2.27. The fourth-order valence-corrected chi connectivity index (χ4v) is 3.73. The zero-order valence-corrected chi connectivity index (χ0v) is 11.4. The normalized spacial score (nSPS) is 29.6. The average Bonchev–Trinajstić information content (AvgIpc) is 2.53. The Morgan fingerprint density at radius 3 is 2.88 bits per heavy atom. The zero-order chi connectivity index (χ0) is 11.8. The lowest BCUT2D eigenvalue weighted by atomic mass is 9.89. The maximum Gasteiger partial charge on any atom is 0.0811 e. The van der Waals surface area contributed by atoms with E-state index in [1.54, 1.807) is 12.1 Å². The molecule has 1 aliphatic rings. The van der Waals surface area contributed by atoms with Crippen molar-refractivity contribution in [1.82, 2.24) is 0 Å². The molecule has 1 heterocycles. The number of hydrogen-bond acceptors (Lipinski definition) is 2. The first kappa shape index (κ1) is 12.6. The monoisotopic (exact) mass is 276 g/mol. The minimum atomic E-state index is -0.640. The summed E-state index contributed by atoms with van der Waals surface area (Å²) in [6, 6.07) is 5.40. The van der Waals surface area contributed by atoms with Gasteiger partial charge in [0.2, 0.25) is 0 Å². The molecule has 1 fully saturated rings. The highest BCUT2D eigenvalue weighted by atomic mass is 35.5. The molecular formula is C12H14Cl2OS. The Bertz CT molecular complexity index is 397. The summed E-state index contributed by atoms with van der Waals surface area (Å²) in [4.78, 5) is 0. The first-order valence-corrected chi connectivity index (χ1v) is 7.10. The van der Waals surface area contributed by atoms with Crippen LogP contribution in [-0.2, 0) is 6.42 Å². The van der Waals surface area contributed by atoms with Gasteiger partial charge in [-0.15, -0.1) is 0 Å². The van der Waals surface area contributed by atoms with Crippen LogP contribution in [0.4, 0.5) is 0 Å². The Morgan fingerprint density at radius 2 is 2.25 bits per heavy atom. The minimum absolute atomic E-state index is 0.252. The summed E-state index contributed by atoms with van der Waals surface area (Å²) in [5.41, 5.74) is 0.296. The zero-order valence-electron chi connectivity index (χ0n) is 9.04. The second-order valence-corrected chi connectivity index (χ2v) is 6.57. The number of aliphatic hydroxyl groups is 1. The van der Waals surface area contributed by atoms with Crippen molar-refractivity contribution in [1.29, 1.82) is 0 Å². The number of rotatable bonds is 2. The van der Waals surface area contributed by atoms with Gasteiger partial charge in [-0.2, -0.15) is 11.8 Å². The van der Waals surface area contributed by atoms with E-state index in [0.29, 0.717) is 16.5 Å². The van der Waals surface area contributed by atoms with Gasteiger partial charge in [0.05, 0.1) is 5.60 Å². The molecule has 1 aliphatic heterocycles. The predicted octanol–water partition coefficient (Wildman–Crippen LogP) is 3.79. The third kappa shape index (κ3) is 2.51. The summed E-state index contributed by atoms with van der Waals surface area (Å²) in [5.74, 6) is 1.01. The van der Waals surface area contributed by atoms with Crippen molar-refractivity contribution in [3.05, 3.63) is 33.8 Å². The van der Waals surface area contributed by atoms with Crippen molar-refractivity contribution in [3.63, 3.8) is 0 Å². The average molecular weight is 277 g/mol. The Hall–Kier alpha value is 0.110. The van der Waals surface area contributed by atoms with Crippen molar-refractivity contribution < 1.29 is 5.11 Å². The van der Waals surface area contributed by atoms with Gasteiger partial charge < -0.3 is 5.11 Å². The van der Waals surface area contributed by atoms with Gasteiger partial charge in [-0.05, 0) is 35.9 Å². The van der Waals surface area contributed by atoms with Crippen LogP contribution in [0.15, 0.2) is 18.2 Å². The SMILES string of the molecule is CC1SCCC1(O)Cc1cc(Cl)ccc1Cl. The molecule has 2 rings (SSSR count). The molecule has 2 unspecified atom stereocenters. The maximum atomic E-state index is 10.5. The molecule has 0 saturated carbocycles. The number of hydrogen-bond donors (Lipinski definition) is 1. The van der Waals surface area contributed by atoms with Crippen LogP contribution in [-0.4, -0.2) is 21.7 Å². The highest BCUT2D eigenvalue weighted by Gasteiger charge is 2.39. The number of thioether (sulfide) groups is 1. The Labute approximate surface area is 110 Å². The van der Waals surface area contributed by atoms with E-state index in [0.717, 1.165) is 17.7 Å². The fourth-order valence-electron chi connectivity index (χ4n) is 2.01. The molecule has 0 radical (unpaired) electrons. The highest BCUT2D eigenvalue weighted by molar-refractivity contribution is 8.00. The van der Waals surface area contributed by atoms with Crippen LogP contribution >= 0.6 is 35.0 Å². The summed E-state index contributed by atoms with van der Waals surface area (Å²) < 4.78 is 0. The summed E-state index contributed by atoms with van der Waals surface area (Å²) in [5, 5.41) is 12.1. The number of benzene rings is 1. The van der Waals surface area contributed by atoms with Gasteiger partial charge in [0, 0.05) is 21.7 Å². The molecular weight excluding hydrogens is 263 g/mol. The molecule has 0 aromatic heterocycles. The summed E-state index contributed by atoms with van der Waals surface area (Å²) in [6.45, 7) is 2.07. The van der Waals surface area contributed by atoms with E-state index < -0.39 is 5.60 Å². The summed E-state index contributed by atoms with van der Waals surface area (Å²) in [7, 11) is 0. The second kappa shape index (κ2) is 4.77. The van der Waals surface area contributed by atoms with Crippen LogP contribution in [0.2, 0.25) is 10.0 Å². The van der Waals surface area contributed by atoms with E-state index in [-0.39, 0.29) is 5.25 Å². The topological polar surface area (TPSA) is 20.2 Å². The van der Waals surface area contributed by atoms with Crippen molar-refractivity contribution in [2.24, 2.45) is 0 Å². The van der Waals surface area contributed by atoms with E-state index in [2.05, 4.69) is 6.92 Å². The molecule has 1 aromatic rings. The molecule has 1 nitrogen and oxygen atoms in total. The molecule has 0 aliphatic carbocycles. The molecule has 0 amide bonds. The number of halogens is 2. The largest absolute Gasteiger partial charge is 0.388 e. The van der Waals surface area contributed by atoms with Gasteiger partial charge >= 0.3 is 0 Å². The third-order valence-corrected chi connectivity index (χ3v) is 5.15. The van der Waals surface area contributed by atoms with Gasteiger partial charge in [0.15, 0.2) is 0 Å². The lowest BCUT2D eigenvalue weighted by Crippen LogP contribution is -2.37. The minimum Gasteiger partial charge on any atom is -0.388 e.